The fraction of sp³-hybridized carbons (Fsp3) is 0.421. The van der Waals surface area contributed by atoms with E-state index >= 15 is 0 Å². The molecular formula is C19H24N2O6P+. The molecule has 2 aliphatic heterocycles. The van der Waals surface area contributed by atoms with Gasteiger partial charge in [0.2, 0.25) is 11.2 Å². The molecule has 0 aliphatic carbocycles. The fourth-order valence-corrected chi connectivity index (χ4v) is 5.25. The van der Waals surface area contributed by atoms with Crippen molar-refractivity contribution in [3.05, 3.63) is 47.3 Å². The number of carbonyl (C=O) groups excluding carboxylic acids is 2. The van der Waals surface area contributed by atoms with Gasteiger partial charge in [-0.25, -0.2) is 19.6 Å². The first-order valence-electron chi connectivity index (χ1n) is 9.26. The number of aryl methyl sites for hydroxylation is 1. The van der Waals surface area contributed by atoms with E-state index in [4.69, 9.17) is 0 Å². The first-order valence-corrected chi connectivity index (χ1v) is 11.1. The highest BCUT2D eigenvalue weighted by molar-refractivity contribution is 7.70. The predicted octanol–water partition coefficient (Wildman–Crippen LogP) is 1.56. The van der Waals surface area contributed by atoms with Crippen LogP contribution in [0.3, 0.4) is 0 Å². The molecule has 0 radical (unpaired) electrons. The van der Waals surface area contributed by atoms with Gasteiger partial charge in [0.15, 0.2) is 6.04 Å². The molecule has 1 aromatic carbocycles. The molecule has 2 aliphatic rings. The van der Waals surface area contributed by atoms with E-state index in [9.17, 15) is 29.3 Å². The summed E-state index contributed by atoms with van der Waals surface area (Å²) in [5.74, 6) is -2.43. The molecule has 0 bridgehead atoms. The molecule has 150 valence electrons. The standard InChI is InChI=1S/C19H23N2O6P/c22-17-11-10-16(18(23)21-15(19(24)25)9-4-12-20(17)21)28(26,27)13-5-8-14-6-2-1-3-7-14/h1-3,6-7,10,15,26-27H,4-5,8-9,11-13H2/p+1/t15-/m0/s1. The highest BCUT2D eigenvalue weighted by atomic mass is 31.2. The van der Waals surface area contributed by atoms with Crippen molar-refractivity contribution in [2.45, 2.75) is 38.1 Å². The molecule has 3 N–H and O–H groups in total. The average Bonchev–Trinajstić information content (AvgIpc) is 2.80. The van der Waals surface area contributed by atoms with Crippen LogP contribution >= 0.6 is 7.72 Å². The molecule has 9 heteroatoms. The third kappa shape index (κ3) is 4.24. The Morgan fingerprint density at radius 1 is 1.18 bits per heavy atom. The van der Waals surface area contributed by atoms with Crippen molar-refractivity contribution >= 4 is 25.5 Å². The first kappa shape index (κ1) is 20.5. The lowest BCUT2D eigenvalue weighted by atomic mass is 10.1. The average molecular weight is 407 g/mol. The Labute approximate surface area is 163 Å². The number of rotatable bonds is 6. The number of carbonyl (C=O) groups is 3. The Kier molecular flexibility index (Phi) is 6.13. The van der Waals surface area contributed by atoms with Crippen LogP contribution in [0.1, 0.15) is 31.2 Å². The van der Waals surface area contributed by atoms with Gasteiger partial charge < -0.3 is 5.11 Å². The van der Waals surface area contributed by atoms with Crippen molar-refractivity contribution < 1.29 is 29.3 Å². The Hall–Kier alpha value is -2.28. The molecule has 8 nitrogen and oxygen atoms in total. The number of amides is 2. The molecule has 0 spiro atoms. The third-order valence-electron chi connectivity index (χ3n) is 5.04. The molecule has 0 aromatic heterocycles. The van der Waals surface area contributed by atoms with Gasteiger partial charge in [-0.3, -0.25) is 14.6 Å². The van der Waals surface area contributed by atoms with Crippen LogP contribution in [-0.4, -0.2) is 61.4 Å². The van der Waals surface area contributed by atoms with Crippen molar-refractivity contribution in [2.24, 2.45) is 0 Å². The largest absolute Gasteiger partial charge is 0.480 e. The molecule has 3 rings (SSSR count). The smallest absolute Gasteiger partial charge is 0.328 e. The highest BCUT2D eigenvalue weighted by Gasteiger charge is 2.51. The van der Waals surface area contributed by atoms with Gasteiger partial charge in [0, 0.05) is 6.54 Å². The minimum absolute atomic E-state index is 0.000758. The van der Waals surface area contributed by atoms with Gasteiger partial charge in [-0.1, -0.05) is 30.3 Å². The molecule has 0 saturated carbocycles. The second-order valence-corrected chi connectivity index (χ2v) is 9.39. The summed E-state index contributed by atoms with van der Waals surface area (Å²) < 4.78 is 0. The van der Waals surface area contributed by atoms with Crippen LogP contribution in [0.15, 0.2) is 41.7 Å². The van der Waals surface area contributed by atoms with Crippen molar-refractivity contribution in [3.63, 3.8) is 0 Å². The second kappa shape index (κ2) is 8.39. The van der Waals surface area contributed by atoms with Gasteiger partial charge in [0.25, 0.3) is 0 Å². The van der Waals surface area contributed by atoms with Gasteiger partial charge >= 0.3 is 19.6 Å². The minimum atomic E-state index is -3.79. The summed E-state index contributed by atoms with van der Waals surface area (Å²) in [4.78, 5) is 58.4. The summed E-state index contributed by atoms with van der Waals surface area (Å²) in [6.45, 7) is 0.242. The van der Waals surface area contributed by atoms with E-state index in [1.54, 1.807) is 0 Å². The highest BCUT2D eigenvalue weighted by Crippen LogP contribution is 2.59. The van der Waals surface area contributed by atoms with Crippen LogP contribution in [-0.2, 0) is 20.8 Å². The lowest BCUT2D eigenvalue weighted by molar-refractivity contribution is -0.178. The SMILES string of the molecule is O=C(O)[C@@H]1CCCN2C(=O)CC=C([P+](O)(O)CCCc3ccccc3)C(=O)N12. The second-order valence-electron chi connectivity index (χ2n) is 7.00. The molecule has 28 heavy (non-hydrogen) atoms. The number of carboxylic acids is 1. The maximum absolute atomic E-state index is 13.0. The fourth-order valence-electron chi connectivity index (χ4n) is 3.62. The van der Waals surface area contributed by atoms with Gasteiger partial charge in [-0.2, -0.15) is 0 Å². The van der Waals surface area contributed by atoms with Crippen LogP contribution in [0.5, 0.6) is 0 Å². The summed E-state index contributed by atoms with van der Waals surface area (Å²) in [5.41, 5.74) is 1.05. The third-order valence-corrected chi connectivity index (χ3v) is 7.12. The van der Waals surface area contributed by atoms with E-state index in [1.807, 2.05) is 30.3 Å². The molecule has 0 unspecified atom stereocenters. The number of hydrazine groups is 1. The van der Waals surface area contributed by atoms with Crippen LogP contribution < -0.4 is 0 Å². The summed E-state index contributed by atoms with van der Waals surface area (Å²) in [6, 6.07) is 8.38. The van der Waals surface area contributed by atoms with E-state index in [0.717, 1.165) is 15.6 Å². The maximum Gasteiger partial charge on any atom is 0.328 e. The lowest BCUT2D eigenvalue weighted by Crippen LogP contribution is -2.59. The van der Waals surface area contributed by atoms with Crippen molar-refractivity contribution in [1.82, 2.24) is 10.0 Å². The number of carboxylic acid groups (broad SMARTS) is 1. The first-order chi connectivity index (χ1) is 13.3. The van der Waals surface area contributed by atoms with E-state index in [1.165, 1.54) is 6.08 Å². The van der Waals surface area contributed by atoms with E-state index in [2.05, 4.69) is 0 Å². The summed E-state index contributed by atoms with van der Waals surface area (Å²) in [6.07, 6.45) is 2.86. The van der Waals surface area contributed by atoms with Gasteiger partial charge in [-0.05, 0) is 37.3 Å². The number of benzene rings is 1. The minimum Gasteiger partial charge on any atom is -0.480 e. The van der Waals surface area contributed by atoms with Crippen LogP contribution in [0.2, 0.25) is 0 Å². The van der Waals surface area contributed by atoms with Crippen LogP contribution in [0.4, 0.5) is 0 Å². The maximum atomic E-state index is 13.0. The Morgan fingerprint density at radius 2 is 1.89 bits per heavy atom. The number of hydrogen-bond donors (Lipinski definition) is 3. The van der Waals surface area contributed by atoms with Gasteiger partial charge in [0.05, 0.1) is 6.42 Å². The molecule has 2 amide bonds. The molecule has 1 aromatic rings. The van der Waals surface area contributed by atoms with Crippen molar-refractivity contribution in [1.29, 1.82) is 0 Å². The van der Waals surface area contributed by atoms with Crippen molar-refractivity contribution in [2.75, 3.05) is 12.7 Å². The molecule has 2 heterocycles. The Balaban J connectivity index is 1.78. The molecule has 1 fully saturated rings. The molecule has 1 atom stereocenters. The topological polar surface area (TPSA) is 118 Å². The number of hydrogen-bond acceptors (Lipinski definition) is 5. The summed E-state index contributed by atoms with van der Waals surface area (Å²) in [7, 11) is -3.79. The van der Waals surface area contributed by atoms with Gasteiger partial charge in [-0.15, -0.1) is 0 Å². The zero-order valence-corrected chi connectivity index (χ0v) is 16.3. The number of nitrogens with zero attached hydrogens (tertiary/aromatic N) is 2. The predicted molar refractivity (Wildman–Crippen MR) is 103 cm³/mol. The molecular weight excluding hydrogens is 383 g/mol. The zero-order valence-electron chi connectivity index (χ0n) is 15.4. The van der Waals surface area contributed by atoms with Gasteiger partial charge in [0.1, 0.15) is 6.16 Å². The van der Waals surface area contributed by atoms with Crippen molar-refractivity contribution in [3.8, 4) is 0 Å². The van der Waals surface area contributed by atoms with E-state index in [-0.39, 0.29) is 30.9 Å². The Bertz CT molecular complexity index is 795. The van der Waals surface area contributed by atoms with Crippen LogP contribution in [0, 0.1) is 0 Å². The summed E-state index contributed by atoms with van der Waals surface area (Å²) >= 11 is 0. The zero-order chi connectivity index (χ0) is 20.3. The lowest BCUT2D eigenvalue weighted by Gasteiger charge is -2.41. The van der Waals surface area contributed by atoms with Crippen LogP contribution in [0.25, 0.3) is 0 Å². The van der Waals surface area contributed by atoms with E-state index in [0.29, 0.717) is 19.3 Å². The number of aliphatic carboxylic acids is 1. The summed E-state index contributed by atoms with van der Waals surface area (Å²) in [5, 5.41) is 11.3. The monoisotopic (exact) mass is 407 g/mol. The molecule has 1 saturated heterocycles. The number of fused-ring (bicyclic) bond motifs is 1. The Morgan fingerprint density at radius 3 is 2.57 bits per heavy atom. The normalized spacial score (nSPS) is 20.5. The van der Waals surface area contributed by atoms with E-state index < -0.39 is 31.5 Å². The quantitative estimate of drug-likeness (QED) is 0.616.